The molecule has 0 saturated heterocycles. The van der Waals surface area contributed by atoms with E-state index in [1.165, 1.54) is 0 Å². The van der Waals surface area contributed by atoms with Crippen LogP contribution in [0.5, 0.6) is 0 Å². The van der Waals surface area contributed by atoms with Crippen LogP contribution in [0.25, 0.3) is 5.69 Å². The number of nitro groups is 1. The molecule has 2 rings (SSSR count). The van der Waals surface area contributed by atoms with Crippen molar-refractivity contribution in [2.75, 3.05) is 0 Å². The molecular formula is C10H3Cl3FN3O3. The fraction of sp³-hybridized carbons (Fsp3) is 0. The van der Waals surface area contributed by atoms with E-state index in [4.69, 9.17) is 34.8 Å². The molecule has 0 aliphatic carbocycles. The molecule has 0 aliphatic rings. The van der Waals surface area contributed by atoms with E-state index < -0.39 is 32.7 Å². The quantitative estimate of drug-likeness (QED) is 0.622. The van der Waals surface area contributed by atoms with Crippen molar-refractivity contribution in [3.8, 4) is 5.69 Å². The molecule has 0 atom stereocenters. The van der Waals surface area contributed by atoms with Crippen LogP contribution in [0.1, 0.15) is 0 Å². The van der Waals surface area contributed by atoms with Crippen molar-refractivity contribution in [2.45, 2.75) is 0 Å². The summed E-state index contributed by atoms with van der Waals surface area (Å²) >= 11 is 16.8. The Morgan fingerprint density at radius 1 is 1.25 bits per heavy atom. The van der Waals surface area contributed by atoms with Crippen LogP contribution in [0.15, 0.2) is 23.1 Å². The van der Waals surface area contributed by atoms with Crippen molar-refractivity contribution in [3.05, 3.63) is 59.7 Å². The van der Waals surface area contributed by atoms with Crippen molar-refractivity contribution in [1.82, 2.24) is 9.78 Å². The first kappa shape index (κ1) is 14.7. The SMILES string of the molecule is O=c1c(Cl)c(Cl)cnn1-c1cc([N+](=O)[O-])c(Cl)cc1F. The van der Waals surface area contributed by atoms with E-state index in [0.29, 0.717) is 10.7 Å². The van der Waals surface area contributed by atoms with Crippen LogP contribution in [-0.4, -0.2) is 14.7 Å². The molecule has 1 aromatic carbocycles. The summed E-state index contributed by atoms with van der Waals surface area (Å²) in [5.41, 5.74) is -1.93. The van der Waals surface area contributed by atoms with Gasteiger partial charge in [-0.05, 0) is 0 Å². The second kappa shape index (κ2) is 5.35. The average molecular weight is 339 g/mol. The second-order valence-corrected chi connectivity index (χ2v) is 4.73. The maximum absolute atomic E-state index is 13.8. The first-order valence-corrected chi connectivity index (χ1v) is 6.03. The van der Waals surface area contributed by atoms with Crippen LogP contribution in [0, 0.1) is 15.9 Å². The van der Waals surface area contributed by atoms with E-state index in [1.54, 1.807) is 0 Å². The van der Waals surface area contributed by atoms with Crippen molar-refractivity contribution >= 4 is 40.5 Å². The van der Waals surface area contributed by atoms with Crippen LogP contribution < -0.4 is 5.56 Å². The highest BCUT2D eigenvalue weighted by Crippen LogP contribution is 2.29. The second-order valence-electron chi connectivity index (χ2n) is 3.54. The summed E-state index contributed by atoms with van der Waals surface area (Å²) < 4.78 is 14.4. The molecule has 6 nitrogen and oxygen atoms in total. The van der Waals surface area contributed by atoms with Gasteiger partial charge in [-0.15, -0.1) is 0 Å². The number of aromatic nitrogens is 2. The fourth-order valence-electron chi connectivity index (χ4n) is 1.41. The fourth-order valence-corrected chi connectivity index (χ4v) is 1.89. The Hall–Kier alpha value is -1.70. The van der Waals surface area contributed by atoms with Gasteiger partial charge in [-0.25, -0.2) is 4.39 Å². The number of hydrogen-bond acceptors (Lipinski definition) is 4. The molecule has 0 radical (unpaired) electrons. The Kier molecular flexibility index (Phi) is 3.94. The summed E-state index contributed by atoms with van der Waals surface area (Å²) in [5.74, 6) is -0.964. The van der Waals surface area contributed by atoms with Gasteiger partial charge in [-0.3, -0.25) is 14.9 Å². The van der Waals surface area contributed by atoms with Gasteiger partial charge in [-0.1, -0.05) is 34.8 Å². The minimum absolute atomic E-state index is 0.114. The predicted molar refractivity (Wildman–Crippen MR) is 71.5 cm³/mol. The maximum Gasteiger partial charge on any atom is 0.291 e. The zero-order valence-corrected chi connectivity index (χ0v) is 11.6. The molecule has 0 bridgehead atoms. The highest BCUT2D eigenvalue weighted by atomic mass is 35.5. The van der Waals surface area contributed by atoms with Crippen LogP contribution in [-0.2, 0) is 0 Å². The van der Waals surface area contributed by atoms with Gasteiger partial charge in [-0.2, -0.15) is 9.78 Å². The van der Waals surface area contributed by atoms with Gasteiger partial charge in [0.2, 0.25) is 0 Å². The summed E-state index contributed by atoms with van der Waals surface area (Å²) in [6.07, 6.45) is 1.02. The van der Waals surface area contributed by atoms with Crippen LogP contribution in [0.3, 0.4) is 0 Å². The first-order valence-electron chi connectivity index (χ1n) is 4.90. The molecule has 0 fully saturated rings. The van der Waals surface area contributed by atoms with Crippen LogP contribution in [0.2, 0.25) is 15.1 Å². The highest BCUT2D eigenvalue weighted by Gasteiger charge is 2.20. The molecule has 104 valence electrons. The zero-order chi connectivity index (χ0) is 15.0. The Morgan fingerprint density at radius 2 is 1.90 bits per heavy atom. The topological polar surface area (TPSA) is 78.0 Å². The molecule has 0 amide bonds. The predicted octanol–water partition coefficient (Wildman–Crippen LogP) is 3.24. The molecule has 0 saturated carbocycles. The number of hydrogen-bond donors (Lipinski definition) is 0. The van der Waals surface area contributed by atoms with Crippen LogP contribution in [0.4, 0.5) is 10.1 Å². The summed E-state index contributed by atoms with van der Waals surface area (Å²) in [5, 5.41) is 13.5. The highest BCUT2D eigenvalue weighted by molar-refractivity contribution is 6.41. The standard InChI is InChI=1S/C10H3Cl3FN3O3/c11-4-1-6(14)8(2-7(4)17(19)20)16-10(18)9(13)5(12)3-15-16/h1-3H. The lowest BCUT2D eigenvalue weighted by molar-refractivity contribution is -0.384. The molecule has 2 aromatic rings. The van der Waals surface area contributed by atoms with Crippen molar-refractivity contribution in [3.63, 3.8) is 0 Å². The molecule has 1 aromatic heterocycles. The normalized spacial score (nSPS) is 10.6. The minimum Gasteiger partial charge on any atom is -0.266 e. The smallest absolute Gasteiger partial charge is 0.266 e. The van der Waals surface area contributed by atoms with Gasteiger partial charge in [0, 0.05) is 12.1 Å². The number of nitro benzene ring substituents is 1. The minimum atomic E-state index is -0.964. The monoisotopic (exact) mass is 337 g/mol. The number of halogens is 4. The van der Waals surface area contributed by atoms with Crippen molar-refractivity contribution in [2.24, 2.45) is 0 Å². The van der Waals surface area contributed by atoms with E-state index in [0.717, 1.165) is 12.3 Å². The Balaban J connectivity index is 2.77. The van der Waals surface area contributed by atoms with E-state index in [2.05, 4.69) is 5.10 Å². The number of nitrogens with zero attached hydrogens (tertiary/aromatic N) is 3. The summed E-state index contributed by atoms with van der Waals surface area (Å²) in [6, 6.07) is 1.50. The average Bonchev–Trinajstić information content (AvgIpc) is 2.37. The third-order valence-electron chi connectivity index (χ3n) is 2.32. The third-order valence-corrected chi connectivity index (χ3v) is 3.37. The Morgan fingerprint density at radius 3 is 2.50 bits per heavy atom. The van der Waals surface area contributed by atoms with E-state index in [1.807, 2.05) is 0 Å². The molecule has 0 aliphatic heterocycles. The van der Waals surface area contributed by atoms with Gasteiger partial charge in [0.05, 0.1) is 16.1 Å². The third kappa shape index (κ3) is 2.47. The molecule has 10 heteroatoms. The molecule has 1 heterocycles. The zero-order valence-electron chi connectivity index (χ0n) is 9.31. The van der Waals surface area contributed by atoms with Gasteiger partial charge in [0.25, 0.3) is 11.2 Å². The van der Waals surface area contributed by atoms with Gasteiger partial charge in [0.15, 0.2) is 5.82 Å². The van der Waals surface area contributed by atoms with Gasteiger partial charge >= 0.3 is 0 Å². The largest absolute Gasteiger partial charge is 0.291 e. The lowest BCUT2D eigenvalue weighted by Crippen LogP contribution is -2.22. The van der Waals surface area contributed by atoms with Crippen molar-refractivity contribution < 1.29 is 9.31 Å². The van der Waals surface area contributed by atoms with Crippen molar-refractivity contribution in [1.29, 1.82) is 0 Å². The summed E-state index contributed by atoms with van der Waals surface area (Å²) in [4.78, 5) is 21.8. The van der Waals surface area contributed by atoms with Gasteiger partial charge in [0.1, 0.15) is 15.7 Å². The molecule has 20 heavy (non-hydrogen) atoms. The summed E-state index contributed by atoms with van der Waals surface area (Å²) in [7, 11) is 0. The molecule has 0 spiro atoms. The van der Waals surface area contributed by atoms with Crippen LogP contribution >= 0.6 is 34.8 Å². The van der Waals surface area contributed by atoms with E-state index in [-0.39, 0.29) is 10.0 Å². The summed E-state index contributed by atoms with van der Waals surface area (Å²) in [6.45, 7) is 0. The first-order chi connectivity index (χ1) is 9.32. The molecule has 0 unspecified atom stereocenters. The molecular weight excluding hydrogens is 335 g/mol. The van der Waals surface area contributed by atoms with E-state index >= 15 is 0 Å². The lowest BCUT2D eigenvalue weighted by atomic mass is 10.2. The Labute approximate surface area is 125 Å². The van der Waals surface area contributed by atoms with E-state index in [9.17, 15) is 19.3 Å². The van der Waals surface area contributed by atoms with Gasteiger partial charge < -0.3 is 0 Å². The number of rotatable bonds is 2. The molecule has 0 N–H and O–H groups in total. The lowest BCUT2D eigenvalue weighted by Gasteiger charge is -2.07. The Bertz CT molecular complexity index is 778. The number of benzene rings is 1. The maximum atomic E-state index is 13.8.